The van der Waals surface area contributed by atoms with Crippen molar-refractivity contribution in [2.24, 2.45) is 10.2 Å². The second-order valence-corrected chi connectivity index (χ2v) is 3.85. The summed E-state index contributed by atoms with van der Waals surface area (Å²) in [5.74, 6) is -1.12. The third-order valence-electron chi connectivity index (χ3n) is 2.20. The minimum Gasteiger partial charge on any atom is -0.510 e. The number of azo groups is 1. The molecule has 0 radical (unpaired) electrons. The lowest BCUT2D eigenvalue weighted by Gasteiger charge is -2.03. The van der Waals surface area contributed by atoms with Gasteiger partial charge in [0.1, 0.15) is 17.2 Å². The fourth-order valence-corrected chi connectivity index (χ4v) is 1.28. The Balaban J connectivity index is 3.04. The van der Waals surface area contributed by atoms with Crippen LogP contribution in [0.2, 0.25) is 0 Å². The van der Waals surface area contributed by atoms with Gasteiger partial charge in [0.25, 0.3) is 0 Å². The number of aliphatic hydroxyl groups excluding tert-OH is 1. The van der Waals surface area contributed by atoms with E-state index in [2.05, 4.69) is 10.2 Å². The Bertz CT molecular complexity index is 531. The first kappa shape index (κ1) is 14.7. The van der Waals surface area contributed by atoms with E-state index in [9.17, 15) is 15.0 Å². The van der Waals surface area contributed by atoms with Crippen LogP contribution in [-0.2, 0) is 9.53 Å². The van der Waals surface area contributed by atoms with E-state index in [1.54, 1.807) is 19.1 Å². The maximum atomic E-state index is 11.5. The predicted octanol–water partition coefficient (Wildman–Crippen LogP) is 3.14. The molecule has 0 aliphatic carbocycles. The standard InChI is InChI=1S/C13H16N2O4/c1-4-19-13(18)12(9(3)16)15-14-10-7-8(2)5-6-11(10)17/h5-7,16-17H,4H2,1-3H3/b12-9+,15-14?. The van der Waals surface area contributed by atoms with Crippen molar-refractivity contribution >= 4 is 11.7 Å². The molecule has 19 heavy (non-hydrogen) atoms. The van der Waals surface area contributed by atoms with Crippen LogP contribution in [0.3, 0.4) is 0 Å². The minimum absolute atomic E-state index is 0.0619. The van der Waals surface area contributed by atoms with Crippen LogP contribution in [0, 0.1) is 6.92 Å². The van der Waals surface area contributed by atoms with Crippen LogP contribution in [0.4, 0.5) is 5.69 Å². The number of aryl methyl sites for hydroxylation is 1. The van der Waals surface area contributed by atoms with Crippen LogP contribution in [0.5, 0.6) is 5.75 Å². The number of rotatable bonds is 4. The molecule has 0 heterocycles. The van der Waals surface area contributed by atoms with E-state index in [0.717, 1.165) is 5.56 Å². The number of ether oxygens (including phenoxy) is 1. The molecule has 0 fully saturated rings. The number of nitrogens with zero attached hydrogens (tertiary/aromatic N) is 2. The zero-order valence-electron chi connectivity index (χ0n) is 11.0. The summed E-state index contributed by atoms with van der Waals surface area (Å²) in [5.41, 5.74) is 0.805. The van der Waals surface area contributed by atoms with Crippen molar-refractivity contribution in [1.82, 2.24) is 0 Å². The fraction of sp³-hybridized carbons (Fsp3) is 0.308. The van der Waals surface area contributed by atoms with Gasteiger partial charge in [-0.1, -0.05) is 6.07 Å². The summed E-state index contributed by atoms with van der Waals surface area (Å²) < 4.78 is 4.73. The average Bonchev–Trinajstić information content (AvgIpc) is 2.33. The molecule has 1 aromatic rings. The van der Waals surface area contributed by atoms with E-state index >= 15 is 0 Å². The summed E-state index contributed by atoms with van der Waals surface area (Å²) in [7, 11) is 0. The summed E-state index contributed by atoms with van der Waals surface area (Å²) in [6.07, 6.45) is 0. The Kier molecular flexibility index (Phi) is 5.05. The Morgan fingerprint density at radius 3 is 2.68 bits per heavy atom. The van der Waals surface area contributed by atoms with Gasteiger partial charge in [0, 0.05) is 0 Å². The number of aromatic hydroxyl groups is 1. The van der Waals surface area contributed by atoms with Gasteiger partial charge in [-0.2, -0.15) is 0 Å². The summed E-state index contributed by atoms with van der Waals surface area (Å²) in [4.78, 5) is 11.5. The van der Waals surface area contributed by atoms with Gasteiger partial charge < -0.3 is 14.9 Å². The predicted molar refractivity (Wildman–Crippen MR) is 69.3 cm³/mol. The van der Waals surface area contributed by atoms with Crippen LogP contribution < -0.4 is 0 Å². The van der Waals surface area contributed by atoms with Gasteiger partial charge >= 0.3 is 5.97 Å². The van der Waals surface area contributed by atoms with Crippen LogP contribution in [-0.4, -0.2) is 22.8 Å². The van der Waals surface area contributed by atoms with Gasteiger partial charge in [-0.05, 0) is 38.5 Å². The molecule has 0 aromatic heterocycles. The Morgan fingerprint density at radius 1 is 1.42 bits per heavy atom. The summed E-state index contributed by atoms with van der Waals surface area (Å²) in [5, 5.41) is 26.3. The molecule has 1 rings (SSSR count). The normalized spacial score (nSPS) is 12.4. The van der Waals surface area contributed by atoms with Crippen molar-refractivity contribution in [2.45, 2.75) is 20.8 Å². The summed E-state index contributed by atoms with van der Waals surface area (Å²) in [6, 6.07) is 4.80. The molecule has 0 aliphatic heterocycles. The summed E-state index contributed by atoms with van der Waals surface area (Å²) in [6.45, 7) is 4.95. The van der Waals surface area contributed by atoms with Crippen LogP contribution in [0.1, 0.15) is 19.4 Å². The third kappa shape index (κ3) is 4.09. The number of carbonyl (C=O) groups is 1. The molecule has 6 nitrogen and oxygen atoms in total. The minimum atomic E-state index is -0.765. The monoisotopic (exact) mass is 264 g/mol. The molecule has 0 spiro atoms. The van der Waals surface area contributed by atoms with Gasteiger partial charge in [-0.25, -0.2) is 4.79 Å². The zero-order chi connectivity index (χ0) is 14.4. The largest absolute Gasteiger partial charge is 0.510 e. The van der Waals surface area contributed by atoms with Gasteiger partial charge in [0.15, 0.2) is 0 Å². The highest BCUT2D eigenvalue weighted by Crippen LogP contribution is 2.28. The maximum absolute atomic E-state index is 11.5. The lowest BCUT2D eigenvalue weighted by atomic mass is 10.2. The first-order valence-electron chi connectivity index (χ1n) is 5.74. The number of phenols is 1. The number of aliphatic hydroxyl groups is 1. The van der Waals surface area contributed by atoms with Gasteiger partial charge in [-0.15, -0.1) is 10.2 Å². The van der Waals surface area contributed by atoms with E-state index in [-0.39, 0.29) is 29.5 Å². The molecular formula is C13H16N2O4. The first-order valence-corrected chi connectivity index (χ1v) is 5.74. The Hall–Kier alpha value is -2.37. The van der Waals surface area contributed by atoms with Crippen LogP contribution in [0.15, 0.2) is 39.9 Å². The maximum Gasteiger partial charge on any atom is 0.362 e. The van der Waals surface area contributed by atoms with Crippen molar-refractivity contribution in [3.05, 3.63) is 35.2 Å². The Morgan fingerprint density at radius 2 is 2.11 bits per heavy atom. The fourth-order valence-electron chi connectivity index (χ4n) is 1.28. The number of esters is 1. The van der Waals surface area contributed by atoms with Gasteiger partial charge in [-0.3, -0.25) is 0 Å². The van der Waals surface area contributed by atoms with Crippen LogP contribution in [0.25, 0.3) is 0 Å². The highest BCUT2D eigenvalue weighted by Gasteiger charge is 2.14. The third-order valence-corrected chi connectivity index (χ3v) is 2.20. The molecule has 0 atom stereocenters. The molecule has 0 amide bonds. The first-order chi connectivity index (χ1) is 8.95. The van der Waals surface area contributed by atoms with Gasteiger partial charge in [0.05, 0.1) is 6.61 Å². The molecule has 102 valence electrons. The lowest BCUT2D eigenvalue weighted by molar-refractivity contribution is -0.138. The van der Waals surface area contributed by atoms with E-state index in [1.807, 2.05) is 6.92 Å². The molecule has 2 N–H and O–H groups in total. The van der Waals surface area contributed by atoms with E-state index in [1.165, 1.54) is 13.0 Å². The van der Waals surface area contributed by atoms with Crippen molar-refractivity contribution in [2.75, 3.05) is 6.61 Å². The average molecular weight is 264 g/mol. The highest BCUT2D eigenvalue weighted by molar-refractivity contribution is 5.88. The van der Waals surface area contributed by atoms with Gasteiger partial charge in [0.2, 0.25) is 5.70 Å². The van der Waals surface area contributed by atoms with Crippen molar-refractivity contribution < 1.29 is 19.7 Å². The smallest absolute Gasteiger partial charge is 0.362 e. The number of hydrogen-bond acceptors (Lipinski definition) is 6. The number of benzene rings is 1. The Labute approximate surface area is 111 Å². The zero-order valence-corrected chi connectivity index (χ0v) is 11.0. The number of phenolic OH excluding ortho intramolecular Hbond substituents is 1. The molecule has 0 saturated heterocycles. The molecule has 0 saturated carbocycles. The van der Waals surface area contributed by atoms with E-state index < -0.39 is 5.97 Å². The van der Waals surface area contributed by atoms with Crippen molar-refractivity contribution in [3.63, 3.8) is 0 Å². The molecule has 0 bridgehead atoms. The van der Waals surface area contributed by atoms with Crippen molar-refractivity contribution in [1.29, 1.82) is 0 Å². The number of allylic oxidation sites excluding steroid dienone is 1. The molecule has 6 heteroatoms. The molecular weight excluding hydrogens is 248 g/mol. The number of carbonyl (C=O) groups excluding carboxylic acids is 1. The van der Waals surface area contributed by atoms with Crippen molar-refractivity contribution in [3.8, 4) is 5.75 Å². The SMILES string of the molecule is CCOC(=O)/C(N=Nc1cc(C)ccc1O)=C(/C)O. The quantitative estimate of drug-likeness (QED) is 0.378. The number of hydrogen-bond donors (Lipinski definition) is 2. The lowest BCUT2D eigenvalue weighted by Crippen LogP contribution is -2.07. The van der Waals surface area contributed by atoms with E-state index in [0.29, 0.717) is 0 Å². The topological polar surface area (TPSA) is 91.5 Å². The second kappa shape index (κ2) is 6.53. The molecule has 0 aliphatic rings. The van der Waals surface area contributed by atoms with Crippen LogP contribution >= 0.6 is 0 Å². The highest BCUT2D eigenvalue weighted by atomic mass is 16.5. The second-order valence-electron chi connectivity index (χ2n) is 3.85. The summed E-state index contributed by atoms with van der Waals surface area (Å²) >= 11 is 0. The van der Waals surface area contributed by atoms with E-state index in [4.69, 9.17) is 4.74 Å². The molecule has 0 unspecified atom stereocenters. The molecule has 1 aromatic carbocycles.